The first-order chi connectivity index (χ1) is 9.41. The van der Waals surface area contributed by atoms with E-state index in [0.29, 0.717) is 6.61 Å². The number of rotatable bonds is 10. The molecule has 0 aliphatic heterocycles. The molecule has 0 unspecified atom stereocenters. The molecule has 0 aromatic heterocycles. The number of ether oxygens (including phenoxy) is 2. The number of likely N-dealkylation sites (N-methyl/N-ethyl adjacent to an activating group) is 1. The fraction of sp³-hybridized carbons (Fsp3) is 0.615. The van der Waals surface area contributed by atoms with Crippen LogP contribution in [0.4, 0.5) is 0 Å². The maximum atomic E-state index is 12.2. The highest BCUT2D eigenvalue weighted by Gasteiger charge is 2.20. The molecule has 0 saturated heterocycles. The van der Waals surface area contributed by atoms with Gasteiger partial charge in [0.1, 0.15) is 5.41 Å². The van der Waals surface area contributed by atoms with E-state index in [2.05, 4.69) is 11.6 Å². The summed E-state index contributed by atoms with van der Waals surface area (Å²) in [6, 6.07) is 0. The molecule has 7 heteroatoms. The van der Waals surface area contributed by atoms with E-state index < -0.39 is 10.0 Å². The van der Waals surface area contributed by atoms with Gasteiger partial charge in [-0.2, -0.15) is 4.31 Å². The monoisotopic (exact) mass is 304 g/mol. The first-order valence-corrected chi connectivity index (χ1v) is 7.90. The molecule has 0 saturated carbocycles. The molecule has 0 heterocycles. The van der Waals surface area contributed by atoms with Crippen molar-refractivity contribution in [3.8, 4) is 0 Å². The molecule has 0 aliphatic carbocycles. The van der Waals surface area contributed by atoms with Crippen LogP contribution in [-0.4, -0.2) is 52.4 Å². The van der Waals surface area contributed by atoms with E-state index in [0.717, 1.165) is 11.8 Å². The van der Waals surface area contributed by atoms with E-state index in [1.165, 1.54) is 23.6 Å². The lowest BCUT2D eigenvalue weighted by Gasteiger charge is -2.20. The molecule has 116 valence electrons. The highest BCUT2D eigenvalue weighted by molar-refractivity contribution is 7.92. The molecule has 0 aromatic rings. The molecule has 0 fully saturated rings. The Morgan fingerprint density at radius 1 is 1.45 bits per heavy atom. The lowest BCUT2D eigenvalue weighted by molar-refractivity contribution is 0.0862. The highest BCUT2D eigenvalue weighted by Crippen LogP contribution is 2.10. The van der Waals surface area contributed by atoms with Gasteiger partial charge in [-0.05, 0) is 13.3 Å². The second-order valence-corrected chi connectivity index (χ2v) is 5.88. The minimum Gasteiger partial charge on any atom is -0.477 e. The van der Waals surface area contributed by atoms with Crippen LogP contribution in [-0.2, 0) is 19.5 Å². The Morgan fingerprint density at radius 3 is 2.55 bits per heavy atom. The van der Waals surface area contributed by atoms with E-state index >= 15 is 0 Å². The summed E-state index contributed by atoms with van der Waals surface area (Å²) in [6.07, 6.45) is 3.41. The first kappa shape index (κ1) is 18.8. The minimum atomic E-state index is -3.61. The van der Waals surface area contributed by atoms with Crippen LogP contribution in [0.15, 0.2) is 28.9 Å². The van der Waals surface area contributed by atoms with E-state index in [-0.39, 0.29) is 18.5 Å². The lowest BCUT2D eigenvalue weighted by atomic mass is 10.3. The second-order valence-electron chi connectivity index (χ2n) is 3.99. The highest BCUT2D eigenvalue weighted by atomic mass is 32.2. The number of nitrogens with zero attached hydrogens (tertiary/aromatic N) is 2. The molecule has 0 aliphatic rings. The number of hydrogen-bond acceptors (Lipinski definition) is 5. The quantitative estimate of drug-likeness (QED) is 0.455. The van der Waals surface area contributed by atoms with Gasteiger partial charge in [-0.25, -0.2) is 13.4 Å². The largest absolute Gasteiger partial charge is 0.477 e. The maximum Gasteiger partial charge on any atom is 0.241 e. The van der Waals surface area contributed by atoms with Crippen molar-refractivity contribution in [2.75, 3.05) is 27.3 Å². The summed E-state index contributed by atoms with van der Waals surface area (Å²) < 4.78 is 35.9. The van der Waals surface area contributed by atoms with Gasteiger partial charge in [0, 0.05) is 26.9 Å². The number of aliphatic imine (C=N–C) groups is 1. The minimum absolute atomic E-state index is 0.0321. The van der Waals surface area contributed by atoms with E-state index in [1.54, 1.807) is 14.0 Å². The van der Waals surface area contributed by atoms with Gasteiger partial charge in [-0.1, -0.05) is 19.6 Å². The zero-order chi connectivity index (χ0) is 15.6. The van der Waals surface area contributed by atoms with Crippen molar-refractivity contribution < 1.29 is 17.9 Å². The third-order valence-electron chi connectivity index (χ3n) is 2.53. The van der Waals surface area contributed by atoms with Crippen LogP contribution in [0.3, 0.4) is 0 Å². The Balaban J connectivity index is 5.07. The predicted octanol–water partition coefficient (Wildman–Crippen LogP) is 1.77. The Morgan fingerprint density at radius 2 is 2.10 bits per heavy atom. The van der Waals surface area contributed by atoms with Crippen molar-refractivity contribution in [3.63, 3.8) is 0 Å². The number of sulfonamides is 1. The number of hydrogen-bond donors (Lipinski definition) is 0. The van der Waals surface area contributed by atoms with Gasteiger partial charge < -0.3 is 9.47 Å². The van der Waals surface area contributed by atoms with Gasteiger partial charge >= 0.3 is 0 Å². The third-order valence-corrected chi connectivity index (χ3v) is 4.05. The maximum absolute atomic E-state index is 12.2. The molecule has 20 heavy (non-hydrogen) atoms. The van der Waals surface area contributed by atoms with Crippen molar-refractivity contribution in [3.05, 3.63) is 23.9 Å². The Hall–Kier alpha value is -1.18. The van der Waals surface area contributed by atoms with Crippen molar-refractivity contribution in [1.29, 1.82) is 0 Å². The Labute approximate surface area is 121 Å². The fourth-order valence-corrected chi connectivity index (χ4v) is 2.29. The van der Waals surface area contributed by atoms with Gasteiger partial charge in [0.2, 0.25) is 15.9 Å². The van der Waals surface area contributed by atoms with Crippen molar-refractivity contribution >= 4 is 16.2 Å². The summed E-state index contributed by atoms with van der Waals surface area (Å²) >= 11 is 0. The Bertz CT molecular complexity index is 439. The summed E-state index contributed by atoms with van der Waals surface area (Å²) in [4.78, 5) is 3.88. The molecule has 0 spiro atoms. The summed E-state index contributed by atoms with van der Waals surface area (Å²) in [7, 11) is -0.555. The van der Waals surface area contributed by atoms with Gasteiger partial charge in [-0.15, -0.1) is 0 Å². The predicted molar refractivity (Wildman–Crippen MR) is 81.0 cm³/mol. The normalized spacial score (nSPS) is 14.8. The topological polar surface area (TPSA) is 68.2 Å². The summed E-state index contributed by atoms with van der Waals surface area (Å²) in [5.74, 6) is 0.0321. The van der Waals surface area contributed by atoms with Crippen molar-refractivity contribution in [2.45, 2.75) is 26.4 Å². The van der Waals surface area contributed by atoms with Crippen LogP contribution < -0.4 is 0 Å². The van der Waals surface area contributed by atoms with Gasteiger partial charge in [0.05, 0.1) is 12.7 Å². The van der Waals surface area contributed by atoms with Gasteiger partial charge in [-0.3, -0.25) is 0 Å². The molecule has 0 amide bonds. The molecule has 1 atom stereocenters. The summed E-state index contributed by atoms with van der Waals surface area (Å²) in [5.41, 5.74) is 0. The van der Waals surface area contributed by atoms with Gasteiger partial charge in [0.25, 0.3) is 0 Å². The molecule has 0 aromatic carbocycles. The molecule has 0 radical (unpaired) electrons. The van der Waals surface area contributed by atoms with Gasteiger partial charge in [0.15, 0.2) is 0 Å². The van der Waals surface area contributed by atoms with E-state index in [4.69, 9.17) is 9.47 Å². The van der Waals surface area contributed by atoms with Crippen molar-refractivity contribution in [1.82, 2.24) is 4.31 Å². The standard InChI is InChI=1S/C13H24N2O4S/c1-6-9-14-13(19-8-3)11-20(16,17)15(4)10-12(7-2)18-5/h6,9,11-12H,1,7-8,10H2,2-5H3/b13-11-,14-9-/t12-/m0/s1. The molecular weight excluding hydrogens is 280 g/mol. The van der Waals surface area contributed by atoms with Crippen molar-refractivity contribution in [2.24, 2.45) is 4.99 Å². The zero-order valence-corrected chi connectivity index (χ0v) is 13.4. The molecule has 0 N–H and O–H groups in total. The molecular formula is C13H24N2O4S. The first-order valence-electron chi connectivity index (χ1n) is 6.39. The summed E-state index contributed by atoms with van der Waals surface area (Å²) in [5, 5.41) is 0.999. The third kappa shape index (κ3) is 6.83. The fourth-order valence-electron chi connectivity index (χ4n) is 1.35. The van der Waals surface area contributed by atoms with E-state index in [9.17, 15) is 8.42 Å². The second kappa shape index (κ2) is 9.68. The number of methoxy groups -OCH3 is 1. The molecule has 0 bridgehead atoms. The van der Waals surface area contributed by atoms with Crippen LogP contribution in [0.2, 0.25) is 0 Å². The smallest absolute Gasteiger partial charge is 0.241 e. The zero-order valence-electron chi connectivity index (χ0n) is 12.6. The Kier molecular flexibility index (Phi) is 9.11. The molecule has 6 nitrogen and oxygen atoms in total. The average molecular weight is 304 g/mol. The van der Waals surface area contributed by atoms with Crippen LogP contribution in [0.1, 0.15) is 20.3 Å². The van der Waals surface area contributed by atoms with Crippen LogP contribution in [0.5, 0.6) is 0 Å². The lowest BCUT2D eigenvalue weighted by Crippen LogP contribution is -2.34. The van der Waals surface area contributed by atoms with E-state index in [1.807, 2.05) is 6.92 Å². The number of allylic oxidation sites excluding steroid dienone is 1. The average Bonchev–Trinajstić information content (AvgIpc) is 2.41. The van der Waals surface area contributed by atoms with Crippen LogP contribution in [0.25, 0.3) is 0 Å². The van der Waals surface area contributed by atoms with Crippen LogP contribution in [0, 0.1) is 0 Å². The summed E-state index contributed by atoms with van der Waals surface area (Å²) in [6.45, 7) is 7.77. The SMILES string of the molecule is C=C/C=N\C(=C\S(=O)(=O)N(C)C[C@H](CC)OC)OCC. The molecule has 0 rings (SSSR count). The van der Waals surface area contributed by atoms with Crippen LogP contribution >= 0.6 is 0 Å².